The van der Waals surface area contributed by atoms with Crippen LogP contribution >= 0.6 is 0 Å². The van der Waals surface area contributed by atoms with Gasteiger partial charge in [-0.05, 0) is 42.5 Å². The van der Waals surface area contributed by atoms with Gasteiger partial charge in [0.05, 0.1) is 6.54 Å². The van der Waals surface area contributed by atoms with Gasteiger partial charge in [-0.3, -0.25) is 4.90 Å². The van der Waals surface area contributed by atoms with Crippen molar-refractivity contribution in [2.45, 2.75) is 76.7 Å². The number of nitrogens with zero attached hydrogens (tertiary/aromatic N) is 5. The number of rotatable bonds is 5. The Hall–Kier alpha value is -1.01. The van der Waals surface area contributed by atoms with E-state index in [0.717, 1.165) is 38.2 Å². The summed E-state index contributed by atoms with van der Waals surface area (Å²) in [6, 6.07) is 1.68. The average molecular weight is 264 g/mol. The van der Waals surface area contributed by atoms with Crippen molar-refractivity contribution in [3.05, 3.63) is 5.82 Å². The van der Waals surface area contributed by atoms with Crippen molar-refractivity contribution >= 4 is 0 Å². The van der Waals surface area contributed by atoms with Gasteiger partial charge in [-0.25, -0.2) is 4.68 Å². The lowest BCUT2D eigenvalue weighted by molar-refractivity contribution is 0.114. The van der Waals surface area contributed by atoms with E-state index in [9.17, 15) is 0 Å². The van der Waals surface area contributed by atoms with Crippen LogP contribution in [0.15, 0.2) is 0 Å². The van der Waals surface area contributed by atoms with Gasteiger partial charge in [0.2, 0.25) is 0 Å². The maximum Gasteiger partial charge on any atom is 0.165 e. The fraction of sp³-hybridized carbons (Fsp3) is 0.923. The standard InChI is InChI=1S/C13H24N6/c1-2-3-6-19-13(15-16-17-19)9-18-11-4-5-12(18)8-10(14)7-11/h10-12H,2-9,14H2,1H3. The van der Waals surface area contributed by atoms with Crippen molar-refractivity contribution in [3.63, 3.8) is 0 Å². The molecule has 0 radical (unpaired) electrons. The molecule has 106 valence electrons. The van der Waals surface area contributed by atoms with Gasteiger partial charge in [0.1, 0.15) is 0 Å². The molecule has 2 atom stereocenters. The molecule has 3 heterocycles. The van der Waals surface area contributed by atoms with Crippen molar-refractivity contribution in [2.24, 2.45) is 5.73 Å². The predicted molar refractivity (Wildman–Crippen MR) is 72.3 cm³/mol. The number of tetrazole rings is 1. The summed E-state index contributed by atoms with van der Waals surface area (Å²) in [4.78, 5) is 2.58. The average Bonchev–Trinajstić information content (AvgIpc) is 2.92. The lowest BCUT2D eigenvalue weighted by Gasteiger charge is -2.37. The summed E-state index contributed by atoms with van der Waals surface area (Å²) in [7, 11) is 0. The SMILES string of the molecule is CCCCn1nnnc1CN1C2CCC1CC(N)C2. The van der Waals surface area contributed by atoms with Crippen molar-refractivity contribution in [1.82, 2.24) is 25.1 Å². The third-order valence-electron chi connectivity index (χ3n) is 4.57. The Morgan fingerprint density at radius 1 is 1.26 bits per heavy atom. The van der Waals surface area contributed by atoms with Crippen LogP contribution in [0.5, 0.6) is 0 Å². The fourth-order valence-corrected chi connectivity index (χ4v) is 3.56. The maximum atomic E-state index is 6.11. The van der Waals surface area contributed by atoms with E-state index >= 15 is 0 Å². The molecule has 2 aliphatic rings. The summed E-state index contributed by atoms with van der Waals surface area (Å²) in [6.45, 7) is 4.01. The van der Waals surface area contributed by atoms with Crippen LogP contribution in [-0.2, 0) is 13.1 Å². The van der Waals surface area contributed by atoms with Crippen molar-refractivity contribution in [3.8, 4) is 0 Å². The minimum atomic E-state index is 0.393. The number of hydrogen-bond acceptors (Lipinski definition) is 5. The molecule has 6 nitrogen and oxygen atoms in total. The Balaban J connectivity index is 1.67. The molecule has 2 N–H and O–H groups in total. The predicted octanol–water partition coefficient (Wildman–Crippen LogP) is 0.927. The summed E-state index contributed by atoms with van der Waals surface area (Å²) in [6.07, 6.45) is 7.14. The second kappa shape index (κ2) is 5.54. The van der Waals surface area contributed by atoms with Gasteiger partial charge in [-0.15, -0.1) is 5.10 Å². The third kappa shape index (κ3) is 2.65. The van der Waals surface area contributed by atoms with Gasteiger partial charge in [-0.1, -0.05) is 13.3 Å². The monoisotopic (exact) mass is 264 g/mol. The molecule has 2 fully saturated rings. The summed E-state index contributed by atoms with van der Waals surface area (Å²) < 4.78 is 1.97. The molecule has 1 aromatic rings. The van der Waals surface area contributed by atoms with Crippen molar-refractivity contribution in [1.29, 1.82) is 0 Å². The minimum absolute atomic E-state index is 0.393. The first-order valence-electron chi connectivity index (χ1n) is 7.54. The minimum Gasteiger partial charge on any atom is -0.328 e. The van der Waals surface area contributed by atoms with Crippen LogP contribution in [0.3, 0.4) is 0 Å². The highest BCUT2D eigenvalue weighted by molar-refractivity contribution is 4.98. The molecule has 2 unspecified atom stereocenters. The summed E-state index contributed by atoms with van der Waals surface area (Å²) in [5, 5.41) is 12.2. The normalized spacial score (nSPS) is 30.9. The lowest BCUT2D eigenvalue weighted by Crippen LogP contribution is -2.47. The Morgan fingerprint density at radius 2 is 2.00 bits per heavy atom. The van der Waals surface area contributed by atoms with Crippen LogP contribution in [0.2, 0.25) is 0 Å². The molecule has 0 saturated carbocycles. The van der Waals surface area contributed by atoms with Gasteiger partial charge in [0, 0.05) is 24.7 Å². The summed E-state index contributed by atoms with van der Waals surface area (Å²) in [5.41, 5.74) is 6.11. The number of aryl methyl sites for hydroxylation is 1. The Labute approximate surface area is 114 Å². The molecule has 0 aromatic carbocycles. The molecule has 0 aliphatic carbocycles. The first kappa shape index (κ1) is 13.0. The zero-order valence-corrected chi connectivity index (χ0v) is 11.7. The Bertz CT molecular complexity index is 403. The number of unbranched alkanes of at least 4 members (excludes halogenated alkanes) is 1. The van der Waals surface area contributed by atoms with Crippen LogP contribution < -0.4 is 5.73 Å². The smallest absolute Gasteiger partial charge is 0.165 e. The van der Waals surface area contributed by atoms with E-state index in [1.165, 1.54) is 19.3 Å². The van der Waals surface area contributed by atoms with Crippen LogP contribution in [0, 0.1) is 0 Å². The van der Waals surface area contributed by atoms with E-state index in [4.69, 9.17) is 5.73 Å². The lowest BCUT2D eigenvalue weighted by atomic mass is 9.98. The second-order valence-electron chi connectivity index (χ2n) is 5.96. The van der Waals surface area contributed by atoms with E-state index < -0.39 is 0 Å². The number of hydrogen-bond donors (Lipinski definition) is 1. The van der Waals surface area contributed by atoms with Crippen LogP contribution in [0.25, 0.3) is 0 Å². The highest BCUT2D eigenvalue weighted by Gasteiger charge is 2.39. The van der Waals surface area contributed by atoms with Crippen LogP contribution in [0.1, 0.15) is 51.3 Å². The van der Waals surface area contributed by atoms with Crippen LogP contribution in [-0.4, -0.2) is 43.2 Å². The maximum absolute atomic E-state index is 6.11. The first-order chi connectivity index (χ1) is 9.28. The number of piperidine rings is 1. The van der Waals surface area contributed by atoms with E-state index in [1.807, 2.05) is 4.68 Å². The van der Waals surface area contributed by atoms with Gasteiger partial charge in [0.15, 0.2) is 5.82 Å². The van der Waals surface area contributed by atoms with Crippen molar-refractivity contribution in [2.75, 3.05) is 0 Å². The molecule has 2 saturated heterocycles. The number of nitrogens with two attached hydrogens (primary N) is 1. The van der Waals surface area contributed by atoms with E-state index in [-0.39, 0.29) is 0 Å². The largest absolute Gasteiger partial charge is 0.328 e. The van der Waals surface area contributed by atoms with Gasteiger partial charge >= 0.3 is 0 Å². The summed E-state index contributed by atoms with van der Waals surface area (Å²) in [5.74, 6) is 1.01. The van der Waals surface area contributed by atoms with E-state index in [0.29, 0.717) is 18.1 Å². The fourth-order valence-electron chi connectivity index (χ4n) is 3.56. The first-order valence-corrected chi connectivity index (χ1v) is 7.54. The molecule has 3 rings (SSSR count). The molecule has 0 amide bonds. The molecule has 0 spiro atoms. The van der Waals surface area contributed by atoms with Gasteiger partial charge < -0.3 is 5.73 Å². The molecule has 2 bridgehead atoms. The number of aromatic nitrogens is 4. The molecule has 6 heteroatoms. The zero-order valence-electron chi connectivity index (χ0n) is 11.7. The van der Waals surface area contributed by atoms with E-state index in [2.05, 4.69) is 27.3 Å². The third-order valence-corrected chi connectivity index (χ3v) is 4.57. The highest BCUT2D eigenvalue weighted by atomic mass is 15.5. The quantitative estimate of drug-likeness (QED) is 0.856. The Kier molecular flexibility index (Phi) is 3.79. The highest BCUT2D eigenvalue weighted by Crippen LogP contribution is 2.35. The van der Waals surface area contributed by atoms with E-state index in [1.54, 1.807) is 0 Å². The molecule has 2 aliphatic heterocycles. The van der Waals surface area contributed by atoms with Crippen molar-refractivity contribution < 1.29 is 0 Å². The van der Waals surface area contributed by atoms with Crippen LogP contribution in [0.4, 0.5) is 0 Å². The van der Waals surface area contributed by atoms with Gasteiger partial charge in [0.25, 0.3) is 0 Å². The summed E-state index contributed by atoms with van der Waals surface area (Å²) >= 11 is 0. The molecular weight excluding hydrogens is 240 g/mol. The second-order valence-corrected chi connectivity index (χ2v) is 5.96. The molecule has 1 aromatic heterocycles. The topological polar surface area (TPSA) is 72.9 Å². The molecular formula is C13H24N6. The Morgan fingerprint density at radius 3 is 2.68 bits per heavy atom. The van der Waals surface area contributed by atoms with Gasteiger partial charge in [-0.2, -0.15) is 0 Å². The zero-order chi connectivity index (χ0) is 13.2. The molecule has 19 heavy (non-hydrogen) atoms. The number of fused-ring (bicyclic) bond motifs is 2.